The van der Waals surface area contributed by atoms with E-state index in [0.717, 1.165) is 12.0 Å². The predicted octanol–water partition coefficient (Wildman–Crippen LogP) is 2.45. The van der Waals surface area contributed by atoms with Crippen molar-refractivity contribution in [2.24, 2.45) is 0 Å². The number of hydrogen-bond acceptors (Lipinski definition) is 4. The standard InChI is InChI=1S/C14H13N5OS/c1-2-8-3-5-9(6-4-8)11-7-10(13(20)18-16-11)12-15-14(21)19-17-12/h3-7H,2H2,1H3,(H,18,20)(H2,15,17,19,21). The Kier molecular flexibility index (Phi) is 3.49. The largest absolute Gasteiger partial charge is 0.281 e. The number of hydrogen-bond donors (Lipinski definition) is 3. The molecule has 1 aromatic carbocycles. The van der Waals surface area contributed by atoms with Crippen LogP contribution >= 0.6 is 12.2 Å². The molecule has 106 valence electrons. The zero-order valence-electron chi connectivity index (χ0n) is 11.3. The molecular weight excluding hydrogens is 286 g/mol. The van der Waals surface area contributed by atoms with Crippen molar-refractivity contribution in [2.75, 3.05) is 0 Å². The Morgan fingerprint density at radius 3 is 2.57 bits per heavy atom. The van der Waals surface area contributed by atoms with Crippen molar-refractivity contribution < 1.29 is 0 Å². The topological polar surface area (TPSA) is 90.2 Å². The van der Waals surface area contributed by atoms with E-state index in [4.69, 9.17) is 12.2 Å². The molecule has 0 spiro atoms. The molecule has 0 aliphatic rings. The number of nitrogens with zero attached hydrogens (tertiary/aromatic N) is 2. The molecule has 2 aromatic heterocycles. The van der Waals surface area contributed by atoms with Crippen molar-refractivity contribution in [3.05, 3.63) is 51.0 Å². The monoisotopic (exact) mass is 299 g/mol. The molecular formula is C14H13N5OS. The van der Waals surface area contributed by atoms with Gasteiger partial charge in [-0.05, 0) is 30.3 Å². The van der Waals surface area contributed by atoms with Crippen LogP contribution < -0.4 is 5.56 Å². The van der Waals surface area contributed by atoms with E-state index in [-0.39, 0.29) is 5.56 Å². The summed E-state index contributed by atoms with van der Waals surface area (Å²) < 4.78 is 0.301. The van der Waals surface area contributed by atoms with E-state index in [0.29, 0.717) is 21.9 Å². The first-order chi connectivity index (χ1) is 10.2. The Bertz CT molecular complexity index is 875. The van der Waals surface area contributed by atoms with Crippen LogP contribution in [-0.2, 0) is 6.42 Å². The number of rotatable bonds is 3. The number of aromatic amines is 3. The fraction of sp³-hybridized carbons (Fsp3) is 0.143. The van der Waals surface area contributed by atoms with Gasteiger partial charge in [0.2, 0.25) is 4.77 Å². The van der Waals surface area contributed by atoms with Gasteiger partial charge in [0.25, 0.3) is 5.56 Å². The predicted molar refractivity (Wildman–Crippen MR) is 82.4 cm³/mol. The molecule has 21 heavy (non-hydrogen) atoms. The van der Waals surface area contributed by atoms with E-state index in [9.17, 15) is 4.79 Å². The lowest BCUT2D eigenvalue weighted by Crippen LogP contribution is -2.12. The molecule has 0 unspecified atom stereocenters. The van der Waals surface area contributed by atoms with Gasteiger partial charge in [0.1, 0.15) is 0 Å². The van der Waals surface area contributed by atoms with Crippen LogP contribution in [0.2, 0.25) is 0 Å². The van der Waals surface area contributed by atoms with Crippen molar-refractivity contribution in [3.8, 4) is 22.6 Å². The van der Waals surface area contributed by atoms with E-state index < -0.39 is 0 Å². The molecule has 0 saturated carbocycles. The Morgan fingerprint density at radius 1 is 1.19 bits per heavy atom. The summed E-state index contributed by atoms with van der Waals surface area (Å²) in [5.74, 6) is 0.398. The minimum atomic E-state index is -0.318. The third-order valence-electron chi connectivity index (χ3n) is 3.22. The molecule has 0 amide bonds. The third kappa shape index (κ3) is 2.68. The van der Waals surface area contributed by atoms with Crippen molar-refractivity contribution in [3.63, 3.8) is 0 Å². The highest BCUT2D eigenvalue weighted by molar-refractivity contribution is 7.71. The minimum absolute atomic E-state index is 0.301. The first kappa shape index (κ1) is 13.4. The normalized spacial score (nSPS) is 10.7. The molecule has 0 saturated heterocycles. The number of nitrogens with one attached hydrogen (secondary N) is 3. The molecule has 6 nitrogen and oxygen atoms in total. The van der Waals surface area contributed by atoms with Crippen LogP contribution in [0.5, 0.6) is 0 Å². The van der Waals surface area contributed by atoms with E-state index in [2.05, 4.69) is 32.3 Å². The van der Waals surface area contributed by atoms with Crippen molar-refractivity contribution in [1.82, 2.24) is 25.4 Å². The average Bonchev–Trinajstić information content (AvgIpc) is 2.94. The fourth-order valence-corrected chi connectivity index (χ4v) is 2.18. The maximum atomic E-state index is 11.9. The minimum Gasteiger partial charge on any atom is -0.281 e. The van der Waals surface area contributed by atoms with Gasteiger partial charge in [-0.15, -0.1) is 0 Å². The summed E-state index contributed by atoms with van der Waals surface area (Å²) in [5, 5.41) is 12.0. The highest BCUT2D eigenvalue weighted by Gasteiger charge is 2.10. The zero-order chi connectivity index (χ0) is 14.8. The van der Waals surface area contributed by atoms with Crippen LogP contribution in [0.25, 0.3) is 22.6 Å². The van der Waals surface area contributed by atoms with Crippen LogP contribution in [0, 0.1) is 4.77 Å². The van der Waals surface area contributed by atoms with E-state index in [1.165, 1.54) is 5.56 Å². The summed E-state index contributed by atoms with van der Waals surface area (Å²) in [6, 6.07) is 9.75. The molecule has 7 heteroatoms. The number of aromatic nitrogens is 5. The van der Waals surface area contributed by atoms with Gasteiger partial charge in [-0.1, -0.05) is 31.2 Å². The maximum absolute atomic E-state index is 11.9. The Morgan fingerprint density at radius 2 is 1.95 bits per heavy atom. The van der Waals surface area contributed by atoms with Gasteiger partial charge >= 0.3 is 0 Å². The first-order valence-electron chi connectivity index (χ1n) is 6.51. The van der Waals surface area contributed by atoms with Gasteiger partial charge < -0.3 is 0 Å². The lowest BCUT2D eigenvalue weighted by Gasteiger charge is -2.03. The number of benzene rings is 1. The second-order valence-corrected chi connectivity index (χ2v) is 4.95. The molecule has 0 aliphatic carbocycles. The van der Waals surface area contributed by atoms with Crippen LogP contribution in [0.4, 0.5) is 0 Å². The summed E-state index contributed by atoms with van der Waals surface area (Å²) in [6.45, 7) is 2.10. The van der Waals surface area contributed by atoms with Gasteiger partial charge in [0, 0.05) is 5.56 Å². The summed E-state index contributed by atoms with van der Waals surface area (Å²) in [6.07, 6.45) is 0.981. The molecule has 0 fully saturated rings. The molecule has 0 aliphatic heterocycles. The molecule has 0 bridgehead atoms. The molecule has 0 radical (unpaired) electrons. The van der Waals surface area contributed by atoms with Crippen molar-refractivity contribution in [1.29, 1.82) is 0 Å². The molecule has 3 aromatic rings. The number of aryl methyl sites for hydroxylation is 1. The summed E-state index contributed by atoms with van der Waals surface area (Å²) >= 11 is 4.90. The second-order valence-electron chi connectivity index (χ2n) is 4.56. The smallest absolute Gasteiger partial charge is 0.275 e. The third-order valence-corrected chi connectivity index (χ3v) is 3.41. The van der Waals surface area contributed by atoms with Crippen molar-refractivity contribution in [2.45, 2.75) is 13.3 Å². The van der Waals surface area contributed by atoms with Gasteiger partial charge in [0.05, 0.1) is 11.3 Å². The molecule has 2 heterocycles. The Labute approximate surface area is 125 Å². The van der Waals surface area contributed by atoms with Gasteiger partial charge in [-0.2, -0.15) is 10.1 Å². The second kappa shape index (κ2) is 5.45. The van der Waals surface area contributed by atoms with E-state index >= 15 is 0 Å². The summed E-state index contributed by atoms with van der Waals surface area (Å²) in [7, 11) is 0. The zero-order valence-corrected chi connectivity index (χ0v) is 12.1. The van der Waals surface area contributed by atoms with Gasteiger partial charge in [0.15, 0.2) is 5.82 Å². The molecule has 0 atom stereocenters. The van der Waals surface area contributed by atoms with Crippen LogP contribution in [0.1, 0.15) is 12.5 Å². The molecule has 3 rings (SSSR count). The van der Waals surface area contributed by atoms with Crippen LogP contribution in [0.3, 0.4) is 0 Å². The average molecular weight is 299 g/mol. The SMILES string of the molecule is CCc1ccc(-c2cc(-c3nc(=S)[nH][nH]3)c(=O)[nH]n2)cc1. The maximum Gasteiger partial charge on any atom is 0.275 e. The lowest BCUT2D eigenvalue weighted by atomic mass is 10.1. The first-order valence-corrected chi connectivity index (χ1v) is 6.92. The lowest BCUT2D eigenvalue weighted by molar-refractivity contribution is 0.989. The van der Waals surface area contributed by atoms with Crippen LogP contribution in [0.15, 0.2) is 35.1 Å². The molecule has 3 N–H and O–H groups in total. The Balaban J connectivity index is 2.08. The quantitative estimate of drug-likeness (QED) is 0.648. The van der Waals surface area contributed by atoms with Crippen molar-refractivity contribution >= 4 is 12.2 Å². The fourth-order valence-electron chi connectivity index (χ4n) is 2.04. The van der Waals surface area contributed by atoms with E-state index in [1.807, 2.05) is 24.3 Å². The summed E-state index contributed by atoms with van der Waals surface area (Å²) in [5.41, 5.74) is 2.93. The van der Waals surface area contributed by atoms with E-state index in [1.54, 1.807) is 6.07 Å². The van der Waals surface area contributed by atoms with Crippen LogP contribution in [-0.4, -0.2) is 25.4 Å². The number of H-pyrrole nitrogens is 3. The summed E-state index contributed by atoms with van der Waals surface area (Å²) in [4.78, 5) is 15.9. The Hall–Kier alpha value is -2.54. The highest BCUT2D eigenvalue weighted by atomic mass is 32.1. The highest BCUT2D eigenvalue weighted by Crippen LogP contribution is 2.19. The van der Waals surface area contributed by atoms with Gasteiger partial charge in [-0.25, -0.2) is 5.10 Å². The van der Waals surface area contributed by atoms with Gasteiger partial charge in [-0.3, -0.25) is 15.0 Å².